The summed E-state index contributed by atoms with van der Waals surface area (Å²) >= 11 is 0. The minimum atomic E-state index is -0.259. The zero-order chi connectivity index (χ0) is 18.5. The molecule has 1 aliphatic heterocycles. The van der Waals surface area contributed by atoms with Crippen LogP contribution in [-0.2, 0) is 11.2 Å². The zero-order valence-corrected chi connectivity index (χ0v) is 15.2. The molecule has 138 valence electrons. The SMILES string of the molecule is COc1ccc(C(Cc2ccc(F)cc2)NC(=O)C(C)C2CNC2)cc1. The maximum absolute atomic E-state index is 13.2. The van der Waals surface area contributed by atoms with Crippen LogP contribution in [0.4, 0.5) is 4.39 Å². The van der Waals surface area contributed by atoms with Gasteiger partial charge in [-0.3, -0.25) is 4.79 Å². The van der Waals surface area contributed by atoms with Gasteiger partial charge in [0.1, 0.15) is 11.6 Å². The fourth-order valence-electron chi connectivity index (χ4n) is 3.13. The number of hydrogen-bond acceptors (Lipinski definition) is 3. The average molecular weight is 356 g/mol. The molecule has 1 aliphatic rings. The quantitative estimate of drug-likeness (QED) is 0.802. The van der Waals surface area contributed by atoms with Gasteiger partial charge >= 0.3 is 0 Å². The molecule has 3 rings (SSSR count). The molecule has 2 aromatic carbocycles. The Hall–Kier alpha value is -2.40. The molecule has 2 atom stereocenters. The van der Waals surface area contributed by atoms with Gasteiger partial charge in [0.2, 0.25) is 5.91 Å². The minimum Gasteiger partial charge on any atom is -0.497 e. The lowest BCUT2D eigenvalue weighted by Crippen LogP contribution is -2.50. The van der Waals surface area contributed by atoms with E-state index in [0.29, 0.717) is 12.3 Å². The monoisotopic (exact) mass is 356 g/mol. The van der Waals surface area contributed by atoms with Gasteiger partial charge in [-0.05, 0) is 60.8 Å². The van der Waals surface area contributed by atoms with E-state index in [9.17, 15) is 9.18 Å². The summed E-state index contributed by atoms with van der Waals surface area (Å²) in [6.07, 6.45) is 0.605. The highest BCUT2D eigenvalue weighted by molar-refractivity contribution is 5.79. The maximum Gasteiger partial charge on any atom is 0.223 e. The number of benzene rings is 2. The van der Waals surface area contributed by atoms with Gasteiger partial charge in [-0.25, -0.2) is 4.39 Å². The number of carbonyl (C=O) groups excluding carboxylic acids is 1. The van der Waals surface area contributed by atoms with Crippen LogP contribution in [0.5, 0.6) is 5.75 Å². The summed E-state index contributed by atoms with van der Waals surface area (Å²) in [6.45, 7) is 3.75. The Kier molecular flexibility index (Phi) is 5.89. The van der Waals surface area contributed by atoms with Crippen LogP contribution in [0.2, 0.25) is 0 Å². The summed E-state index contributed by atoms with van der Waals surface area (Å²) in [4.78, 5) is 12.7. The molecule has 1 fully saturated rings. The molecule has 0 radical (unpaired) electrons. The Labute approximate surface area is 153 Å². The Balaban J connectivity index is 1.77. The second-order valence-electron chi connectivity index (χ2n) is 6.87. The second kappa shape index (κ2) is 8.32. The molecular formula is C21H25FN2O2. The molecule has 2 aromatic rings. The van der Waals surface area contributed by atoms with Gasteiger partial charge in [-0.2, -0.15) is 0 Å². The molecule has 0 aromatic heterocycles. The third-order valence-electron chi connectivity index (χ3n) is 5.12. The standard InChI is InChI=1S/C21H25FN2O2/c1-14(17-12-23-13-17)21(25)24-20(11-15-3-7-18(22)8-4-15)16-5-9-19(26-2)10-6-16/h3-10,14,17,20,23H,11-13H2,1-2H3,(H,24,25). The van der Waals surface area contributed by atoms with Crippen molar-refractivity contribution in [3.8, 4) is 5.75 Å². The minimum absolute atomic E-state index is 0.0368. The predicted molar refractivity (Wildman–Crippen MR) is 99.5 cm³/mol. The van der Waals surface area contributed by atoms with Gasteiger partial charge < -0.3 is 15.4 Å². The van der Waals surface area contributed by atoms with Crippen molar-refractivity contribution in [3.05, 3.63) is 65.5 Å². The van der Waals surface area contributed by atoms with E-state index >= 15 is 0 Å². The van der Waals surface area contributed by atoms with E-state index in [2.05, 4.69) is 10.6 Å². The molecule has 2 unspecified atom stereocenters. The van der Waals surface area contributed by atoms with E-state index in [-0.39, 0.29) is 23.7 Å². The molecule has 4 nitrogen and oxygen atoms in total. The molecule has 0 saturated carbocycles. The fourth-order valence-corrected chi connectivity index (χ4v) is 3.13. The van der Waals surface area contributed by atoms with E-state index in [1.165, 1.54) is 12.1 Å². The Morgan fingerprint density at radius 3 is 2.38 bits per heavy atom. The molecule has 1 amide bonds. The molecule has 1 heterocycles. The van der Waals surface area contributed by atoms with Crippen molar-refractivity contribution in [2.75, 3.05) is 20.2 Å². The van der Waals surface area contributed by atoms with Gasteiger partial charge in [0.25, 0.3) is 0 Å². The van der Waals surface area contributed by atoms with Crippen LogP contribution in [0.1, 0.15) is 24.1 Å². The lowest BCUT2D eigenvalue weighted by molar-refractivity contribution is -0.127. The van der Waals surface area contributed by atoms with Crippen LogP contribution in [0.25, 0.3) is 0 Å². The smallest absolute Gasteiger partial charge is 0.223 e. The van der Waals surface area contributed by atoms with E-state index in [1.54, 1.807) is 19.2 Å². The van der Waals surface area contributed by atoms with Crippen molar-refractivity contribution < 1.29 is 13.9 Å². The highest BCUT2D eigenvalue weighted by atomic mass is 19.1. The Morgan fingerprint density at radius 1 is 1.19 bits per heavy atom. The number of carbonyl (C=O) groups is 1. The van der Waals surface area contributed by atoms with E-state index in [0.717, 1.165) is 30.0 Å². The van der Waals surface area contributed by atoms with Crippen LogP contribution >= 0.6 is 0 Å². The molecule has 0 bridgehead atoms. The number of ether oxygens (including phenoxy) is 1. The number of methoxy groups -OCH3 is 1. The molecule has 26 heavy (non-hydrogen) atoms. The van der Waals surface area contributed by atoms with Crippen molar-refractivity contribution in [3.63, 3.8) is 0 Å². The van der Waals surface area contributed by atoms with Gasteiger partial charge in [0.05, 0.1) is 13.2 Å². The van der Waals surface area contributed by atoms with Crippen molar-refractivity contribution in [2.45, 2.75) is 19.4 Å². The fraction of sp³-hybridized carbons (Fsp3) is 0.381. The molecular weight excluding hydrogens is 331 g/mol. The summed E-state index contributed by atoms with van der Waals surface area (Å²) in [5.74, 6) is 0.918. The summed E-state index contributed by atoms with van der Waals surface area (Å²) in [6, 6.07) is 13.9. The van der Waals surface area contributed by atoms with Crippen LogP contribution < -0.4 is 15.4 Å². The van der Waals surface area contributed by atoms with Crippen molar-refractivity contribution in [1.29, 1.82) is 0 Å². The zero-order valence-electron chi connectivity index (χ0n) is 15.2. The Morgan fingerprint density at radius 2 is 1.85 bits per heavy atom. The number of rotatable bonds is 7. The first-order valence-electron chi connectivity index (χ1n) is 8.96. The van der Waals surface area contributed by atoms with Crippen LogP contribution in [0.3, 0.4) is 0 Å². The van der Waals surface area contributed by atoms with Crippen molar-refractivity contribution in [1.82, 2.24) is 10.6 Å². The lowest BCUT2D eigenvalue weighted by Gasteiger charge is -2.33. The summed E-state index contributed by atoms with van der Waals surface area (Å²) in [5.41, 5.74) is 1.98. The first kappa shape index (κ1) is 18.4. The molecule has 1 saturated heterocycles. The third-order valence-corrected chi connectivity index (χ3v) is 5.12. The van der Waals surface area contributed by atoms with E-state index in [1.807, 2.05) is 31.2 Å². The van der Waals surface area contributed by atoms with E-state index in [4.69, 9.17) is 4.74 Å². The average Bonchev–Trinajstić information content (AvgIpc) is 2.61. The number of amides is 1. The third kappa shape index (κ3) is 4.41. The van der Waals surface area contributed by atoms with Crippen LogP contribution in [0, 0.1) is 17.7 Å². The van der Waals surface area contributed by atoms with Crippen molar-refractivity contribution in [2.24, 2.45) is 11.8 Å². The molecule has 0 aliphatic carbocycles. The number of hydrogen-bond donors (Lipinski definition) is 2. The van der Waals surface area contributed by atoms with Crippen LogP contribution in [0.15, 0.2) is 48.5 Å². The normalized spacial score (nSPS) is 16.4. The largest absolute Gasteiger partial charge is 0.497 e. The van der Waals surface area contributed by atoms with Crippen molar-refractivity contribution >= 4 is 5.91 Å². The van der Waals surface area contributed by atoms with Gasteiger partial charge in [-0.15, -0.1) is 0 Å². The highest BCUT2D eigenvalue weighted by Gasteiger charge is 2.30. The number of halogens is 1. The summed E-state index contributed by atoms with van der Waals surface area (Å²) in [5, 5.41) is 6.39. The highest BCUT2D eigenvalue weighted by Crippen LogP contribution is 2.24. The van der Waals surface area contributed by atoms with Crippen LogP contribution in [-0.4, -0.2) is 26.1 Å². The van der Waals surface area contributed by atoms with E-state index < -0.39 is 0 Å². The molecule has 5 heteroatoms. The predicted octanol–water partition coefficient (Wildman–Crippen LogP) is 3.09. The Bertz CT molecular complexity index is 727. The van der Waals surface area contributed by atoms with Gasteiger partial charge in [0.15, 0.2) is 0 Å². The number of nitrogens with one attached hydrogen (secondary N) is 2. The first-order valence-corrected chi connectivity index (χ1v) is 8.96. The second-order valence-corrected chi connectivity index (χ2v) is 6.87. The molecule has 0 spiro atoms. The lowest BCUT2D eigenvalue weighted by atomic mass is 9.87. The first-order chi connectivity index (χ1) is 12.6. The summed E-state index contributed by atoms with van der Waals surface area (Å²) < 4.78 is 18.4. The van der Waals surface area contributed by atoms with Gasteiger partial charge in [-0.1, -0.05) is 31.2 Å². The maximum atomic E-state index is 13.2. The summed E-state index contributed by atoms with van der Waals surface area (Å²) in [7, 11) is 1.63. The van der Waals surface area contributed by atoms with Gasteiger partial charge in [0, 0.05) is 5.92 Å². The molecule has 2 N–H and O–H groups in total. The topological polar surface area (TPSA) is 50.4 Å².